The molecule has 0 radical (unpaired) electrons. The van der Waals surface area contributed by atoms with E-state index in [1.807, 2.05) is 0 Å². The van der Waals surface area contributed by atoms with E-state index in [-0.39, 0.29) is 17.0 Å². The summed E-state index contributed by atoms with van der Waals surface area (Å²) >= 11 is 9.03. The predicted molar refractivity (Wildman–Crippen MR) is 87.4 cm³/mol. The average molecular weight is 424 g/mol. The van der Waals surface area contributed by atoms with Crippen molar-refractivity contribution in [2.45, 2.75) is 11.5 Å². The molecule has 2 aromatic rings. The van der Waals surface area contributed by atoms with Gasteiger partial charge in [-0.1, -0.05) is 39.7 Å². The Labute approximate surface area is 148 Å². The molecule has 0 atom stereocenters. The first kappa shape index (κ1) is 18.5. The number of ether oxygens (including phenoxy) is 1. The van der Waals surface area contributed by atoms with E-state index in [1.54, 1.807) is 12.1 Å². The molecule has 2 N–H and O–H groups in total. The number of nitrogens with zero attached hydrogens (tertiary/aromatic N) is 1. The molecule has 1 amide bonds. The summed E-state index contributed by atoms with van der Waals surface area (Å²) in [5.74, 6) is -1.03. The first-order valence-electron chi connectivity index (χ1n) is 6.50. The number of pyridine rings is 1. The van der Waals surface area contributed by atoms with Crippen molar-refractivity contribution in [3.8, 4) is 17.0 Å². The summed E-state index contributed by atoms with van der Waals surface area (Å²) < 4.78 is 43.9. The number of benzene rings is 1. The van der Waals surface area contributed by atoms with E-state index in [4.69, 9.17) is 22.1 Å². The molecule has 128 valence electrons. The van der Waals surface area contributed by atoms with Gasteiger partial charge in [0.15, 0.2) is 5.69 Å². The third kappa shape index (κ3) is 3.49. The monoisotopic (exact) mass is 422 g/mol. The number of nitrogens with two attached hydrogens (primary N) is 1. The lowest BCUT2D eigenvalue weighted by Gasteiger charge is -2.17. The number of amides is 1. The highest BCUT2D eigenvalue weighted by Gasteiger charge is 2.37. The van der Waals surface area contributed by atoms with Crippen LogP contribution >= 0.6 is 27.5 Å². The van der Waals surface area contributed by atoms with Gasteiger partial charge in [-0.15, -0.1) is 0 Å². The Morgan fingerprint density at radius 2 is 2.08 bits per heavy atom. The highest BCUT2D eigenvalue weighted by molar-refractivity contribution is 9.08. The van der Waals surface area contributed by atoms with Gasteiger partial charge >= 0.3 is 6.18 Å². The largest absolute Gasteiger partial charge is 0.481 e. The lowest BCUT2D eigenvalue weighted by atomic mass is 9.95. The van der Waals surface area contributed by atoms with Gasteiger partial charge in [-0.3, -0.25) is 4.79 Å². The number of carbonyl (C=O) groups excluding carboxylic acids is 1. The third-order valence-electron chi connectivity index (χ3n) is 3.23. The van der Waals surface area contributed by atoms with Gasteiger partial charge in [0.2, 0.25) is 11.8 Å². The average Bonchev–Trinajstić information content (AvgIpc) is 2.52. The number of carbonyl (C=O) groups is 1. The molecule has 0 aliphatic heterocycles. The van der Waals surface area contributed by atoms with E-state index >= 15 is 0 Å². The van der Waals surface area contributed by atoms with Crippen LogP contribution in [0.25, 0.3) is 11.1 Å². The Balaban J connectivity index is 2.83. The molecule has 24 heavy (non-hydrogen) atoms. The minimum atomic E-state index is -4.73. The fraction of sp³-hybridized carbons (Fsp3) is 0.200. The van der Waals surface area contributed by atoms with E-state index in [0.717, 1.165) is 6.07 Å². The summed E-state index contributed by atoms with van der Waals surface area (Å²) in [5, 5.41) is -0.260. The van der Waals surface area contributed by atoms with E-state index in [2.05, 4.69) is 20.9 Å². The van der Waals surface area contributed by atoms with Crippen LogP contribution in [0.5, 0.6) is 5.88 Å². The van der Waals surface area contributed by atoms with Gasteiger partial charge in [0, 0.05) is 22.0 Å². The van der Waals surface area contributed by atoms with Crippen molar-refractivity contribution in [1.82, 2.24) is 4.98 Å². The number of aromatic nitrogens is 1. The Morgan fingerprint density at radius 1 is 1.42 bits per heavy atom. The summed E-state index contributed by atoms with van der Waals surface area (Å²) in [7, 11) is 1.18. The molecule has 0 aliphatic carbocycles. The van der Waals surface area contributed by atoms with E-state index < -0.39 is 22.8 Å². The smallest absolute Gasteiger partial charge is 0.434 e. The molecule has 0 fully saturated rings. The zero-order valence-corrected chi connectivity index (χ0v) is 14.6. The summed E-state index contributed by atoms with van der Waals surface area (Å²) in [6.07, 6.45) is -4.73. The van der Waals surface area contributed by atoms with Crippen LogP contribution in [0.3, 0.4) is 0 Å². The quantitative estimate of drug-likeness (QED) is 0.740. The zero-order valence-electron chi connectivity index (χ0n) is 12.2. The van der Waals surface area contributed by atoms with Crippen LogP contribution in [0.15, 0.2) is 24.3 Å². The van der Waals surface area contributed by atoms with Crippen molar-refractivity contribution in [1.29, 1.82) is 0 Å². The molecule has 9 heteroatoms. The van der Waals surface area contributed by atoms with Crippen molar-refractivity contribution in [2.75, 3.05) is 7.11 Å². The van der Waals surface area contributed by atoms with Crippen LogP contribution < -0.4 is 10.5 Å². The summed E-state index contributed by atoms with van der Waals surface area (Å²) in [4.78, 5) is 15.2. The topological polar surface area (TPSA) is 65.2 Å². The second-order valence-corrected chi connectivity index (χ2v) is 5.68. The van der Waals surface area contributed by atoms with Crippen LogP contribution in [0, 0.1) is 0 Å². The number of primary amides is 1. The van der Waals surface area contributed by atoms with Gasteiger partial charge in [-0.2, -0.15) is 13.2 Å². The SMILES string of the molecule is COc1nc(C(F)(F)F)c(Cl)cc1-c1c(CBr)cccc1C(N)=O. The molecule has 0 spiro atoms. The lowest BCUT2D eigenvalue weighted by Crippen LogP contribution is -2.14. The van der Waals surface area contributed by atoms with Crippen molar-refractivity contribution >= 4 is 33.4 Å². The van der Waals surface area contributed by atoms with E-state index in [0.29, 0.717) is 16.5 Å². The first-order valence-corrected chi connectivity index (χ1v) is 8.00. The predicted octanol–water partition coefficient (Wildman–Crippen LogP) is 4.42. The maximum absolute atomic E-state index is 13.0. The Morgan fingerprint density at radius 3 is 2.58 bits per heavy atom. The highest BCUT2D eigenvalue weighted by atomic mass is 79.9. The third-order valence-corrected chi connectivity index (χ3v) is 4.12. The highest BCUT2D eigenvalue weighted by Crippen LogP contribution is 2.41. The molecule has 0 bridgehead atoms. The fourth-order valence-corrected chi connectivity index (χ4v) is 2.97. The van der Waals surface area contributed by atoms with Crippen LogP contribution in [0.1, 0.15) is 21.6 Å². The molecule has 1 aromatic carbocycles. The summed E-state index contributed by atoms with van der Waals surface area (Å²) in [5.41, 5.74) is 5.34. The van der Waals surface area contributed by atoms with Gasteiger partial charge in [0.1, 0.15) is 0 Å². The molecule has 0 unspecified atom stereocenters. The van der Waals surface area contributed by atoms with Gasteiger partial charge in [-0.25, -0.2) is 4.98 Å². The van der Waals surface area contributed by atoms with Crippen LogP contribution in [-0.4, -0.2) is 18.0 Å². The zero-order chi connectivity index (χ0) is 18.1. The van der Waals surface area contributed by atoms with Gasteiger partial charge in [0.05, 0.1) is 12.1 Å². The van der Waals surface area contributed by atoms with Crippen molar-refractivity contribution in [3.63, 3.8) is 0 Å². The first-order chi connectivity index (χ1) is 11.2. The Bertz CT molecular complexity index is 797. The van der Waals surface area contributed by atoms with E-state index in [9.17, 15) is 18.0 Å². The molecular weight excluding hydrogens is 413 g/mol. The molecule has 2 rings (SSSR count). The Kier molecular flexibility index (Phi) is 5.39. The van der Waals surface area contributed by atoms with Crippen molar-refractivity contribution in [3.05, 3.63) is 46.1 Å². The minimum Gasteiger partial charge on any atom is -0.481 e. The van der Waals surface area contributed by atoms with E-state index in [1.165, 1.54) is 13.2 Å². The van der Waals surface area contributed by atoms with Crippen LogP contribution in [-0.2, 0) is 11.5 Å². The van der Waals surface area contributed by atoms with Gasteiger partial charge in [0.25, 0.3) is 0 Å². The number of methoxy groups -OCH3 is 1. The van der Waals surface area contributed by atoms with Crippen LogP contribution in [0.4, 0.5) is 13.2 Å². The lowest BCUT2D eigenvalue weighted by molar-refractivity contribution is -0.141. The molecule has 0 saturated carbocycles. The minimum absolute atomic E-state index is 0.128. The van der Waals surface area contributed by atoms with Crippen molar-refractivity contribution in [2.24, 2.45) is 5.73 Å². The molecule has 4 nitrogen and oxygen atoms in total. The normalized spacial score (nSPS) is 11.4. The number of halogens is 5. The van der Waals surface area contributed by atoms with Crippen LogP contribution in [0.2, 0.25) is 5.02 Å². The maximum Gasteiger partial charge on any atom is 0.434 e. The number of rotatable bonds is 4. The number of hydrogen-bond acceptors (Lipinski definition) is 3. The van der Waals surface area contributed by atoms with Crippen molar-refractivity contribution < 1.29 is 22.7 Å². The molecule has 1 aromatic heterocycles. The van der Waals surface area contributed by atoms with Gasteiger partial charge < -0.3 is 10.5 Å². The van der Waals surface area contributed by atoms with Gasteiger partial charge in [-0.05, 0) is 17.7 Å². The second kappa shape index (κ2) is 6.98. The molecule has 0 aliphatic rings. The Hall–Kier alpha value is -1.80. The molecule has 1 heterocycles. The second-order valence-electron chi connectivity index (χ2n) is 4.71. The fourth-order valence-electron chi connectivity index (χ4n) is 2.24. The standard InChI is InChI=1S/C15H11BrClF3N2O2/c1-24-14-9(5-10(17)12(22-14)15(18,19)20)11-7(6-16)3-2-4-8(11)13(21)23/h2-5H,6H2,1H3,(H2,21,23). The molecule has 0 saturated heterocycles. The number of alkyl halides is 4. The molecular formula is C15H11BrClF3N2O2. The maximum atomic E-state index is 13.0. The summed E-state index contributed by atoms with van der Waals surface area (Å²) in [6, 6.07) is 5.85. The summed E-state index contributed by atoms with van der Waals surface area (Å²) in [6.45, 7) is 0. The number of hydrogen-bond donors (Lipinski definition) is 1.